The molecule has 0 radical (unpaired) electrons. The molecule has 280 valence electrons. The molecule has 9 aromatic rings. The second kappa shape index (κ2) is 12.6. The SMILES string of the molecule is c1ccc(N2c3ccccc3B3c4ccccc4N(c4ccccc4)c4cc(N5c6ccccc6C6(c7ccccc7Oc7ccccc76)c6ccccc65)cc2c43)cc1. The lowest BCUT2D eigenvalue weighted by molar-refractivity contribution is 0.434. The Balaban J connectivity index is 1.15. The van der Waals surface area contributed by atoms with E-state index in [1.165, 1.54) is 50.3 Å². The van der Waals surface area contributed by atoms with Crippen molar-refractivity contribution in [3.63, 3.8) is 0 Å². The Bertz CT molecular complexity index is 2980. The lowest BCUT2D eigenvalue weighted by atomic mass is 9.33. The van der Waals surface area contributed by atoms with E-state index < -0.39 is 5.41 Å². The summed E-state index contributed by atoms with van der Waals surface area (Å²) in [7, 11) is 0. The van der Waals surface area contributed by atoms with Crippen LogP contribution in [0.15, 0.2) is 218 Å². The summed E-state index contributed by atoms with van der Waals surface area (Å²) in [6, 6.07) is 79.8. The molecule has 0 fully saturated rings. The van der Waals surface area contributed by atoms with Crippen LogP contribution in [0.2, 0.25) is 0 Å². The van der Waals surface area contributed by atoms with E-state index in [9.17, 15) is 0 Å². The quantitative estimate of drug-likeness (QED) is 0.167. The van der Waals surface area contributed by atoms with Crippen molar-refractivity contribution in [3.8, 4) is 11.5 Å². The van der Waals surface area contributed by atoms with Crippen molar-refractivity contribution in [2.45, 2.75) is 5.41 Å². The van der Waals surface area contributed by atoms with Crippen LogP contribution < -0.4 is 35.8 Å². The van der Waals surface area contributed by atoms with E-state index >= 15 is 0 Å². The Morgan fingerprint density at radius 2 is 0.683 bits per heavy atom. The van der Waals surface area contributed by atoms with Crippen molar-refractivity contribution in [2.24, 2.45) is 0 Å². The fraction of sp³-hybridized carbons (Fsp3) is 0.0182. The zero-order valence-corrected chi connectivity index (χ0v) is 32.6. The molecule has 0 aliphatic carbocycles. The second-order valence-electron chi connectivity index (χ2n) is 16.0. The Morgan fingerprint density at radius 3 is 1.17 bits per heavy atom. The van der Waals surface area contributed by atoms with E-state index in [-0.39, 0.29) is 6.71 Å². The summed E-state index contributed by atoms with van der Waals surface area (Å²) in [5, 5.41) is 0. The zero-order chi connectivity index (χ0) is 39.4. The van der Waals surface area contributed by atoms with Crippen LogP contribution in [0.3, 0.4) is 0 Å². The number of nitrogens with zero attached hydrogens (tertiary/aromatic N) is 3. The Morgan fingerprint density at radius 1 is 0.317 bits per heavy atom. The van der Waals surface area contributed by atoms with Crippen molar-refractivity contribution in [2.75, 3.05) is 14.7 Å². The predicted molar refractivity (Wildman–Crippen MR) is 247 cm³/mol. The van der Waals surface area contributed by atoms with Crippen molar-refractivity contribution in [3.05, 3.63) is 241 Å². The average molecular weight is 766 g/mol. The van der Waals surface area contributed by atoms with Crippen LogP contribution in [0.4, 0.5) is 51.2 Å². The van der Waals surface area contributed by atoms with E-state index in [1.54, 1.807) is 0 Å². The van der Waals surface area contributed by atoms with Gasteiger partial charge in [-0.15, -0.1) is 0 Å². The highest BCUT2D eigenvalue weighted by Gasteiger charge is 2.51. The monoisotopic (exact) mass is 765 g/mol. The van der Waals surface area contributed by atoms with E-state index in [4.69, 9.17) is 4.74 Å². The lowest BCUT2D eigenvalue weighted by Crippen LogP contribution is -2.61. The van der Waals surface area contributed by atoms with Gasteiger partial charge in [0.15, 0.2) is 0 Å². The molecule has 4 aliphatic heterocycles. The summed E-state index contributed by atoms with van der Waals surface area (Å²) >= 11 is 0. The first-order chi connectivity index (χ1) is 29.8. The third-order valence-electron chi connectivity index (χ3n) is 13.1. The van der Waals surface area contributed by atoms with Gasteiger partial charge in [0.05, 0.1) is 22.5 Å². The average Bonchev–Trinajstić information content (AvgIpc) is 3.32. The molecule has 0 amide bonds. The first kappa shape index (κ1) is 33.2. The molecule has 13 rings (SSSR count). The molecule has 4 aliphatic rings. The van der Waals surface area contributed by atoms with Crippen molar-refractivity contribution < 1.29 is 4.74 Å². The molecule has 5 heteroatoms. The highest BCUT2D eigenvalue weighted by atomic mass is 16.5. The maximum Gasteiger partial charge on any atom is 0.252 e. The van der Waals surface area contributed by atoms with Gasteiger partial charge in [-0.25, -0.2) is 0 Å². The van der Waals surface area contributed by atoms with Crippen molar-refractivity contribution in [1.82, 2.24) is 0 Å². The third kappa shape index (κ3) is 4.41. The van der Waals surface area contributed by atoms with Gasteiger partial charge in [-0.3, -0.25) is 0 Å². The van der Waals surface area contributed by atoms with Crippen molar-refractivity contribution in [1.29, 1.82) is 0 Å². The number of para-hydroxylation sites is 8. The first-order valence-electron chi connectivity index (χ1n) is 20.7. The third-order valence-corrected chi connectivity index (χ3v) is 13.1. The van der Waals surface area contributed by atoms with Crippen LogP contribution in [0.5, 0.6) is 11.5 Å². The first-order valence-corrected chi connectivity index (χ1v) is 20.7. The molecule has 9 aromatic carbocycles. The summed E-state index contributed by atoms with van der Waals surface area (Å²) in [5.74, 6) is 1.76. The Hall–Kier alpha value is -7.76. The normalized spacial score (nSPS) is 14.5. The summed E-state index contributed by atoms with van der Waals surface area (Å²) in [4.78, 5) is 7.48. The largest absolute Gasteiger partial charge is 0.457 e. The lowest BCUT2D eigenvalue weighted by Gasteiger charge is -2.49. The standard InChI is InChI=1S/C55H36BN3O/c1-3-19-37(20-4-1)57-48-31-15-11-27-44(48)56-45-28-12-16-32-49(45)58(38-21-5-2-6-22-38)51-36-39(35-50(57)54(51)56)59-46-29-13-7-23-40(46)55(41-24-8-14-30-47(41)59)42-25-9-17-33-52(42)60-53-34-18-10-26-43(53)55/h1-36H. The molecule has 0 bridgehead atoms. The molecule has 4 heterocycles. The van der Waals surface area contributed by atoms with Crippen LogP contribution in [-0.2, 0) is 5.41 Å². The molecule has 0 atom stereocenters. The minimum Gasteiger partial charge on any atom is -0.457 e. The highest BCUT2D eigenvalue weighted by Crippen LogP contribution is 2.63. The topological polar surface area (TPSA) is 19.0 Å². The molecular formula is C55H36BN3O. The maximum absolute atomic E-state index is 6.70. The van der Waals surface area contributed by atoms with Gasteiger partial charge in [-0.1, -0.05) is 146 Å². The van der Waals surface area contributed by atoms with E-state index in [0.717, 1.165) is 51.1 Å². The second-order valence-corrected chi connectivity index (χ2v) is 16.0. The number of anilines is 9. The van der Waals surface area contributed by atoms with Crippen LogP contribution >= 0.6 is 0 Å². The molecule has 0 N–H and O–H groups in total. The van der Waals surface area contributed by atoms with Crippen LogP contribution in [0.25, 0.3) is 0 Å². The molecular weight excluding hydrogens is 729 g/mol. The van der Waals surface area contributed by atoms with Crippen LogP contribution in [-0.4, -0.2) is 6.71 Å². The summed E-state index contributed by atoms with van der Waals surface area (Å²) in [6.45, 7) is 0.0378. The number of fused-ring (bicyclic) bond motifs is 12. The molecule has 1 spiro atoms. The van der Waals surface area contributed by atoms with Gasteiger partial charge in [-0.05, 0) is 100 Å². The summed E-state index contributed by atoms with van der Waals surface area (Å²) < 4.78 is 6.70. The van der Waals surface area contributed by atoms with Gasteiger partial charge in [0, 0.05) is 45.3 Å². The number of rotatable bonds is 3. The fourth-order valence-corrected chi connectivity index (χ4v) is 10.8. The molecule has 60 heavy (non-hydrogen) atoms. The predicted octanol–water partition coefficient (Wildman–Crippen LogP) is 12.0. The van der Waals surface area contributed by atoms with Crippen LogP contribution in [0, 0.1) is 0 Å². The number of hydrogen-bond donors (Lipinski definition) is 0. The smallest absolute Gasteiger partial charge is 0.252 e. The molecule has 0 saturated carbocycles. The molecule has 0 unspecified atom stereocenters. The van der Waals surface area contributed by atoms with Crippen molar-refractivity contribution >= 4 is 74.3 Å². The van der Waals surface area contributed by atoms with Crippen LogP contribution in [0.1, 0.15) is 22.3 Å². The zero-order valence-electron chi connectivity index (χ0n) is 32.6. The summed E-state index contributed by atoms with van der Waals surface area (Å²) in [5.41, 5.74) is 18.3. The van der Waals surface area contributed by atoms with Gasteiger partial charge in [0.1, 0.15) is 11.5 Å². The van der Waals surface area contributed by atoms with Gasteiger partial charge in [0.25, 0.3) is 6.71 Å². The number of hydrogen-bond acceptors (Lipinski definition) is 4. The molecule has 0 aromatic heterocycles. The van der Waals surface area contributed by atoms with E-state index in [1.807, 2.05) is 0 Å². The Kier molecular flexibility index (Phi) is 6.99. The van der Waals surface area contributed by atoms with E-state index in [0.29, 0.717) is 0 Å². The summed E-state index contributed by atoms with van der Waals surface area (Å²) in [6.07, 6.45) is 0. The van der Waals surface area contributed by atoms with Gasteiger partial charge >= 0.3 is 0 Å². The van der Waals surface area contributed by atoms with Gasteiger partial charge in [-0.2, -0.15) is 0 Å². The highest BCUT2D eigenvalue weighted by molar-refractivity contribution is 7.00. The molecule has 0 saturated heterocycles. The van der Waals surface area contributed by atoms with E-state index in [2.05, 4.69) is 233 Å². The fourth-order valence-electron chi connectivity index (χ4n) is 10.8. The number of ether oxygens (including phenoxy) is 1. The minimum absolute atomic E-state index is 0.0378. The number of benzene rings is 9. The maximum atomic E-state index is 6.70. The Labute approximate surface area is 349 Å². The molecule has 4 nitrogen and oxygen atoms in total. The van der Waals surface area contributed by atoms with Gasteiger partial charge < -0.3 is 19.4 Å². The minimum atomic E-state index is -0.618. The van der Waals surface area contributed by atoms with Gasteiger partial charge in [0.2, 0.25) is 0 Å².